The Hall–Kier alpha value is -1.31. The van der Waals surface area contributed by atoms with Crippen LogP contribution in [0.2, 0.25) is 0 Å². The van der Waals surface area contributed by atoms with Gasteiger partial charge in [-0.3, -0.25) is 4.79 Å². The quantitative estimate of drug-likeness (QED) is 0.697. The monoisotopic (exact) mass is 175 g/mol. The molecule has 1 aliphatic rings. The van der Waals surface area contributed by atoms with Gasteiger partial charge in [0, 0.05) is 5.69 Å². The number of rotatable bonds is 1. The highest BCUT2D eigenvalue weighted by molar-refractivity contribution is 6.03. The second kappa shape index (κ2) is 2.87. The Labute approximate surface area is 78.0 Å². The predicted molar refractivity (Wildman–Crippen MR) is 52.8 cm³/mol. The van der Waals surface area contributed by atoms with Crippen molar-refractivity contribution in [3.8, 4) is 0 Å². The van der Waals surface area contributed by atoms with Gasteiger partial charge in [-0.05, 0) is 24.5 Å². The van der Waals surface area contributed by atoms with E-state index < -0.39 is 0 Å². The van der Waals surface area contributed by atoms with Crippen LogP contribution in [0.25, 0.3) is 0 Å². The maximum atomic E-state index is 11.5. The summed E-state index contributed by atoms with van der Waals surface area (Å²) in [4.78, 5) is 11.5. The molecule has 0 saturated carbocycles. The lowest BCUT2D eigenvalue weighted by Gasteiger charge is -2.04. The number of hydrogen-bond acceptors (Lipinski definition) is 1. The molecule has 1 aliphatic heterocycles. The van der Waals surface area contributed by atoms with E-state index in [1.165, 1.54) is 0 Å². The third-order valence-corrected chi connectivity index (χ3v) is 2.65. The number of para-hydroxylation sites is 1. The van der Waals surface area contributed by atoms with Crippen molar-refractivity contribution < 1.29 is 4.79 Å². The Bertz CT molecular complexity index is 357. The number of amides is 1. The first-order chi connectivity index (χ1) is 6.24. The van der Waals surface area contributed by atoms with Gasteiger partial charge in [-0.2, -0.15) is 0 Å². The van der Waals surface area contributed by atoms with Crippen molar-refractivity contribution in [2.75, 3.05) is 5.32 Å². The Morgan fingerprint density at radius 1 is 1.46 bits per heavy atom. The first-order valence-corrected chi connectivity index (χ1v) is 4.64. The lowest BCUT2D eigenvalue weighted by molar-refractivity contribution is -0.117. The highest BCUT2D eigenvalue weighted by atomic mass is 16.2. The zero-order valence-corrected chi connectivity index (χ0v) is 7.92. The molecule has 0 aromatic heterocycles. The highest BCUT2D eigenvalue weighted by Gasteiger charge is 2.29. The number of carbonyl (C=O) groups is 1. The van der Waals surface area contributed by atoms with Crippen LogP contribution in [0.15, 0.2) is 18.2 Å². The van der Waals surface area contributed by atoms with Crippen LogP contribution in [-0.2, 0) is 4.79 Å². The Kier molecular flexibility index (Phi) is 1.83. The van der Waals surface area contributed by atoms with Crippen LogP contribution in [-0.4, -0.2) is 5.91 Å². The molecule has 0 aliphatic carbocycles. The maximum absolute atomic E-state index is 11.5. The van der Waals surface area contributed by atoms with Crippen LogP contribution in [0.5, 0.6) is 0 Å². The average Bonchev–Trinajstić information content (AvgIpc) is 2.43. The summed E-state index contributed by atoms with van der Waals surface area (Å²) in [6.45, 7) is 4.07. The third-order valence-electron chi connectivity index (χ3n) is 2.65. The van der Waals surface area contributed by atoms with Gasteiger partial charge in [-0.15, -0.1) is 0 Å². The molecule has 1 atom stereocenters. The van der Waals surface area contributed by atoms with Crippen LogP contribution < -0.4 is 5.32 Å². The summed E-state index contributed by atoms with van der Waals surface area (Å²) < 4.78 is 0. The van der Waals surface area contributed by atoms with Crippen molar-refractivity contribution in [2.45, 2.75) is 26.2 Å². The molecular formula is C11H13NO. The second-order valence-electron chi connectivity index (χ2n) is 3.49. The summed E-state index contributed by atoms with van der Waals surface area (Å²) in [7, 11) is 0. The second-order valence-corrected chi connectivity index (χ2v) is 3.49. The Morgan fingerprint density at radius 3 is 2.92 bits per heavy atom. The number of carbonyl (C=O) groups excluding carboxylic acids is 1. The predicted octanol–water partition coefficient (Wildman–Crippen LogP) is 2.44. The van der Waals surface area contributed by atoms with Crippen LogP contribution in [0.3, 0.4) is 0 Å². The largest absolute Gasteiger partial charge is 0.325 e. The van der Waals surface area contributed by atoms with Crippen LogP contribution >= 0.6 is 0 Å². The molecule has 1 unspecified atom stereocenters. The van der Waals surface area contributed by atoms with Gasteiger partial charge in [0.15, 0.2) is 0 Å². The summed E-state index contributed by atoms with van der Waals surface area (Å²) >= 11 is 0. The van der Waals surface area contributed by atoms with Gasteiger partial charge < -0.3 is 5.32 Å². The molecule has 2 heteroatoms. The number of benzene rings is 1. The van der Waals surface area contributed by atoms with E-state index in [1.807, 2.05) is 32.0 Å². The zero-order chi connectivity index (χ0) is 9.42. The number of nitrogens with one attached hydrogen (secondary N) is 1. The summed E-state index contributed by atoms with van der Waals surface area (Å²) in [5.41, 5.74) is 3.34. The number of aryl methyl sites for hydroxylation is 1. The van der Waals surface area contributed by atoms with E-state index in [1.54, 1.807) is 0 Å². The molecule has 13 heavy (non-hydrogen) atoms. The molecule has 2 rings (SSSR count). The Balaban J connectivity index is 2.54. The topological polar surface area (TPSA) is 29.1 Å². The molecule has 1 N–H and O–H groups in total. The van der Waals surface area contributed by atoms with Gasteiger partial charge in [-0.1, -0.05) is 25.1 Å². The van der Waals surface area contributed by atoms with E-state index in [4.69, 9.17) is 0 Å². The summed E-state index contributed by atoms with van der Waals surface area (Å²) in [5.74, 6) is 0.210. The molecule has 1 heterocycles. The molecule has 1 aromatic rings. The first kappa shape index (κ1) is 8.30. The summed E-state index contributed by atoms with van der Waals surface area (Å²) in [6, 6.07) is 6.07. The fourth-order valence-corrected chi connectivity index (χ4v) is 1.91. The average molecular weight is 175 g/mol. The molecule has 2 nitrogen and oxygen atoms in total. The molecule has 0 spiro atoms. The lowest BCUT2D eigenvalue weighted by Crippen LogP contribution is -2.10. The minimum atomic E-state index is 0.0647. The number of anilines is 1. The van der Waals surface area contributed by atoms with E-state index in [9.17, 15) is 4.79 Å². The number of hydrogen-bond donors (Lipinski definition) is 1. The normalized spacial score (nSPS) is 19.8. The van der Waals surface area contributed by atoms with Gasteiger partial charge in [0.2, 0.25) is 5.91 Å². The van der Waals surface area contributed by atoms with E-state index in [0.717, 1.165) is 23.2 Å². The SMILES string of the molecule is CCC1C(=O)Nc2c(C)cccc21. The third kappa shape index (κ3) is 1.13. The summed E-state index contributed by atoms with van der Waals surface area (Å²) in [5, 5.41) is 2.93. The van der Waals surface area contributed by atoms with Gasteiger partial charge in [0.05, 0.1) is 5.92 Å². The van der Waals surface area contributed by atoms with E-state index in [2.05, 4.69) is 5.32 Å². The van der Waals surface area contributed by atoms with Gasteiger partial charge in [0.1, 0.15) is 0 Å². The first-order valence-electron chi connectivity index (χ1n) is 4.64. The molecule has 68 valence electrons. The smallest absolute Gasteiger partial charge is 0.232 e. The fourth-order valence-electron chi connectivity index (χ4n) is 1.91. The molecule has 1 aromatic carbocycles. The van der Waals surface area contributed by atoms with Crippen LogP contribution in [0, 0.1) is 6.92 Å². The Morgan fingerprint density at radius 2 is 2.23 bits per heavy atom. The lowest BCUT2D eigenvalue weighted by atomic mass is 9.97. The van der Waals surface area contributed by atoms with Gasteiger partial charge in [0.25, 0.3) is 0 Å². The minimum absolute atomic E-state index is 0.0647. The van der Waals surface area contributed by atoms with Crippen molar-refractivity contribution in [3.63, 3.8) is 0 Å². The van der Waals surface area contributed by atoms with Crippen molar-refractivity contribution in [3.05, 3.63) is 29.3 Å². The molecule has 1 amide bonds. The van der Waals surface area contributed by atoms with Gasteiger partial charge in [-0.25, -0.2) is 0 Å². The zero-order valence-electron chi connectivity index (χ0n) is 7.92. The standard InChI is InChI=1S/C11H13NO/c1-3-8-9-6-4-5-7(2)10(9)12-11(8)13/h4-6,8H,3H2,1-2H3,(H,12,13). The molecule has 0 bridgehead atoms. The molecule has 0 radical (unpaired) electrons. The van der Waals surface area contributed by atoms with Gasteiger partial charge >= 0.3 is 0 Å². The number of fused-ring (bicyclic) bond motifs is 1. The molecule has 0 saturated heterocycles. The van der Waals surface area contributed by atoms with Crippen molar-refractivity contribution >= 4 is 11.6 Å². The van der Waals surface area contributed by atoms with Crippen molar-refractivity contribution in [1.29, 1.82) is 0 Å². The van der Waals surface area contributed by atoms with Crippen molar-refractivity contribution in [2.24, 2.45) is 0 Å². The van der Waals surface area contributed by atoms with Crippen LogP contribution in [0.1, 0.15) is 30.4 Å². The van der Waals surface area contributed by atoms with Crippen LogP contribution in [0.4, 0.5) is 5.69 Å². The maximum Gasteiger partial charge on any atom is 0.232 e. The van der Waals surface area contributed by atoms with E-state index in [0.29, 0.717) is 0 Å². The fraction of sp³-hybridized carbons (Fsp3) is 0.364. The molecular weight excluding hydrogens is 162 g/mol. The van der Waals surface area contributed by atoms with E-state index >= 15 is 0 Å². The minimum Gasteiger partial charge on any atom is -0.325 e. The van der Waals surface area contributed by atoms with E-state index in [-0.39, 0.29) is 11.8 Å². The molecule has 0 fully saturated rings. The summed E-state index contributed by atoms with van der Waals surface area (Å²) in [6.07, 6.45) is 0.877. The van der Waals surface area contributed by atoms with Crippen molar-refractivity contribution in [1.82, 2.24) is 0 Å². The highest BCUT2D eigenvalue weighted by Crippen LogP contribution is 2.36.